The van der Waals surface area contributed by atoms with E-state index < -0.39 is 23.8 Å². The van der Waals surface area contributed by atoms with E-state index in [2.05, 4.69) is 10.4 Å². The van der Waals surface area contributed by atoms with Crippen LogP contribution in [0.4, 0.5) is 10.1 Å². The Hall–Kier alpha value is -3.55. The number of nitrogens with one attached hydrogen (secondary N) is 1. The molecule has 1 atom stereocenters. The molecule has 0 radical (unpaired) electrons. The van der Waals surface area contributed by atoms with Crippen LogP contribution in [0.3, 0.4) is 0 Å². The van der Waals surface area contributed by atoms with E-state index in [-0.39, 0.29) is 11.3 Å². The minimum atomic E-state index is -1.12. The van der Waals surface area contributed by atoms with Crippen molar-refractivity contribution in [3.8, 4) is 0 Å². The van der Waals surface area contributed by atoms with Gasteiger partial charge in [-0.3, -0.25) is 9.59 Å². The van der Waals surface area contributed by atoms with Gasteiger partial charge in [0.2, 0.25) is 0 Å². The van der Waals surface area contributed by atoms with Gasteiger partial charge in [-0.25, -0.2) is 13.9 Å². The predicted octanol–water partition coefficient (Wildman–Crippen LogP) is 2.26. The molecule has 7 nitrogen and oxygen atoms in total. The molecule has 0 aliphatic carbocycles. The molecule has 0 saturated heterocycles. The third-order valence-corrected chi connectivity index (χ3v) is 3.91. The van der Waals surface area contributed by atoms with E-state index in [0.717, 1.165) is 4.68 Å². The second-order valence-corrected chi connectivity index (χ2v) is 5.87. The Morgan fingerprint density at radius 3 is 2.41 bits per heavy atom. The van der Waals surface area contributed by atoms with E-state index in [1.165, 1.54) is 38.2 Å². The Kier molecular flexibility index (Phi) is 4.98. The second-order valence-electron chi connectivity index (χ2n) is 5.87. The maximum atomic E-state index is 12.9. The van der Waals surface area contributed by atoms with Crippen molar-refractivity contribution in [2.24, 2.45) is 7.05 Å². The number of halogens is 1. The second kappa shape index (κ2) is 7.36. The quantitative estimate of drug-likeness (QED) is 0.713. The zero-order chi connectivity index (χ0) is 19.6. The molecule has 27 heavy (non-hydrogen) atoms. The molecule has 0 aliphatic rings. The SMILES string of the molecule is C[C@@H](OC(=O)c1nn(C)c(=O)c2ccccc12)C(=O)Nc1ccc(F)cc1. The first-order chi connectivity index (χ1) is 12.9. The van der Waals surface area contributed by atoms with Gasteiger partial charge in [-0.2, -0.15) is 5.10 Å². The minimum absolute atomic E-state index is 0.0610. The number of aromatic nitrogens is 2. The van der Waals surface area contributed by atoms with Crippen molar-refractivity contribution in [1.29, 1.82) is 0 Å². The van der Waals surface area contributed by atoms with E-state index in [4.69, 9.17) is 4.74 Å². The first-order valence-corrected chi connectivity index (χ1v) is 8.10. The zero-order valence-corrected chi connectivity index (χ0v) is 14.6. The molecule has 138 valence electrons. The number of esters is 1. The summed E-state index contributed by atoms with van der Waals surface area (Å²) in [5.41, 5.74) is -0.0339. The van der Waals surface area contributed by atoms with Crippen LogP contribution < -0.4 is 10.9 Å². The fraction of sp³-hybridized carbons (Fsp3) is 0.158. The van der Waals surface area contributed by atoms with Gasteiger partial charge >= 0.3 is 5.97 Å². The van der Waals surface area contributed by atoms with Crippen LogP contribution in [-0.2, 0) is 16.6 Å². The van der Waals surface area contributed by atoms with E-state index in [9.17, 15) is 18.8 Å². The number of rotatable bonds is 4. The Labute approximate surface area is 153 Å². The fourth-order valence-electron chi connectivity index (χ4n) is 2.50. The lowest BCUT2D eigenvalue weighted by atomic mass is 10.1. The van der Waals surface area contributed by atoms with Gasteiger partial charge in [0.15, 0.2) is 11.8 Å². The smallest absolute Gasteiger partial charge is 0.360 e. The molecule has 0 bridgehead atoms. The molecule has 0 fully saturated rings. The molecule has 2 aromatic carbocycles. The predicted molar refractivity (Wildman–Crippen MR) is 96.9 cm³/mol. The summed E-state index contributed by atoms with van der Waals surface area (Å²) in [7, 11) is 1.43. The van der Waals surface area contributed by atoms with Crippen LogP contribution in [0.25, 0.3) is 10.8 Å². The number of benzene rings is 2. The molecule has 8 heteroatoms. The molecule has 3 aromatic rings. The number of hydrogen-bond donors (Lipinski definition) is 1. The van der Waals surface area contributed by atoms with Gasteiger partial charge < -0.3 is 10.1 Å². The van der Waals surface area contributed by atoms with Crippen LogP contribution >= 0.6 is 0 Å². The standard InChI is InChI=1S/C19H16FN3O4/c1-11(17(24)21-13-9-7-12(20)8-10-13)27-19(26)16-14-5-3-4-6-15(14)18(25)23(2)22-16/h3-11H,1-2H3,(H,21,24)/t11-/m1/s1. The number of amides is 1. The normalized spacial score (nSPS) is 11.8. The maximum Gasteiger partial charge on any atom is 0.360 e. The molecular formula is C19H16FN3O4. The molecule has 0 unspecified atom stereocenters. The molecule has 1 aromatic heterocycles. The van der Waals surface area contributed by atoms with Crippen LogP contribution in [-0.4, -0.2) is 27.8 Å². The van der Waals surface area contributed by atoms with Gasteiger partial charge in [-0.05, 0) is 37.3 Å². The van der Waals surface area contributed by atoms with Gasteiger partial charge in [0.25, 0.3) is 11.5 Å². The number of ether oxygens (including phenoxy) is 1. The summed E-state index contributed by atoms with van der Waals surface area (Å²) < 4.78 is 19.2. The summed E-state index contributed by atoms with van der Waals surface area (Å²) in [4.78, 5) is 36.8. The molecule has 0 spiro atoms. The van der Waals surface area contributed by atoms with Crippen molar-refractivity contribution in [2.45, 2.75) is 13.0 Å². The molecular weight excluding hydrogens is 353 g/mol. The minimum Gasteiger partial charge on any atom is -0.448 e. The van der Waals surface area contributed by atoms with Crippen LogP contribution in [0.1, 0.15) is 17.4 Å². The van der Waals surface area contributed by atoms with Crippen molar-refractivity contribution >= 4 is 28.3 Å². The van der Waals surface area contributed by atoms with Crippen molar-refractivity contribution in [3.05, 3.63) is 70.4 Å². The Balaban J connectivity index is 1.80. The van der Waals surface area contributed by atoms with Gasteiger partial charge in [-0.15, -0.1) is 0 Å². The van der Waals surface area contributed by atoms with Crippen molar-refractivity contribution in [2.75, 3.05) is 5.32 Å². The Morgan fingerprint density at radius 1 is 1.11 bits per heavy atom. The average Bonchev–Trinajstić information content (AvgIpc) is 2.66. The molecule has 0 saturated carbocycles. The lowest BCUT2D eigenvalue weighted by molar-refractivity contribution is -0.123. The first kappa shape index (κ1) is 18.2. The summed E-state index contributed by atoms with van der Waals surface area (Å²) in [5, 5.41) is 7.16. The van der Waals surface area contributed by atoms with E-state index in [1.807, 2.05) is 0 Å². The highest BCUT2D eigenvalue weighted by Gasteiger charge is 2.23. The molecule has 1 amide bonds. The van der Waals surface area contributed by atoms with Gasteiger partial charge in [0, 0.05) is 18.1 Å². The van der Waals surface area contributed by atoms with E-state index in [1.54, 1.807) is 24.3 Å². The largest absolute Gasteiger partial charge is 0.448 e. The fourth-order valence-corrected chi connectivity index (χ4v) is 2.50. The monoisotopic (exact) mass is 369 g/mol. The summed E-state index contributed by atoms with van der Waals surface area (Å²) in [6, 6.07) is 11.7. The number of aryl methyl sites for hydroxylation is 1. The van der Waals surface area contributed by atoms with Crippen LogP contribution in [0.15, 0.2) is 53.3 Å². The van der Waals surface area contributed by atoms with Crippen molar-refractivity contribution < 1.29 is 18.7 Å². The highest BCUT2D eigenvalue weighted by molar-refractivity contribution is 6.03. The molecule has 1 heterocycles. The van der Waals surface area contributed by atoms with E-state index >= 15 is 0 Å². The lowest BCUT2D eigenvalue weighted by Gasteiger charge is -2.14. The summed E-state index contributed by atoms with van der Waals surface area (Å²) in [6.07, 6.45) is -1.12. The molecule has 1 N–H and O–H groups in total. The number of hydrogen-bond acceptors (Lipinski definition) is 5. The highest BCUT2D eigenvalue weighted by Crippen LogP contribution is 2.15. The number of anilines is 1. The van der Waals surface area contributed by atoms with E-state index in [0.29, 0.717) is 16.5 Å². The summed E-state index contributed by atoms with van der Waals surface area (Å²) in [6.45, 7) is 1.40. The number of carbonyl (C=O) groups is 2. The topological polar surface area (TPSA) is 90.3 Å². The maximum absolute atomic E-state index is 12.9. The number of carbonyl (C=O) groups excluding carboxylic acids is 2. The summed E-state index contributed by atoms with van der Waals surface area (Å²) in [5.74, 6) is -1.84. The van der Waals surface area contributed by atoms with Crippen LogP contribution in [0, 0.1) is 5.82 Å². The lowest BCUT2D eigenvalue weighted by Crippen LogP contribution is -2.31. The molecule has 0 aliphatic heterocycles. The Morgan fingerprint density at radius 2 is 1.74 bits per heavy atom. The third kappa shape index (κ3) is 3.84. The van der Waals surface area contributed by atoms with Gasteiger partial charge in [0.05, 0.1) is 5.39 Å². The first-order valence-electron chi connectivity index (χ1n) is 8.10. The number of fused-ring (bicyclic) bond motifs is 1. The van der Waals surface area contributed by atoms with Crippen LogP contribution in [0.2, 0.25) is 0 Å². The molecule has 3 rings (SSSR count). The summed E-state index contributed by atoms with van der Waals surface area (Å²) >= 11 is 0. The van der Waals surface area contributed by atoms with Crippen molar-refractivity contribution in [3.63, 3.8) is 0 Å². The number of nitrogens with zero attached hydrogens (tertiary/aromatic N) is 2. The third-order valence-electron chi connectivity index (χ3n) is 3.91. The van der Waals surface area contributed by atoms with Gasteiger partial charge in [-0.1, -0.05) is 18.2 Å². The Bertz CT molecular complexity index is 1080. The van der Waals surface area contributed by atoms with Crippen molar-refractivity contribution in [1.82, 2.24) is 9.78 Å². The van der Waals surface area contributed by atoms with Crippen LogP contribution in [0.5, 0.6) is 0 Å². The zero-order valence-electron chi connectivity index (χ0n) is 14.6. The van der Waals surface area contributed by atoms with Gasteiger partial charge in [0.1, 0.15) is 5.82 Å². The highest BCUT2D eigenvalue weighted by atomic mass is 19.1. The average molecular weight is 369 g/mol.